The first kappa shape index (κ1) is 18.7. The van der Waals surface area contributed by atoms with Crippen LogP contribution in [0.3, 0.4) is 0 Å². The molecule has 2 fully saturated rings. The first-order chi connectivity index (χ1) is 13.7. The molecule has 1 aromatic carbocycles. The maximum atomic E-state index is 12.4. The van der Waals surface area contributed by atoms with Gasteiger partial charge in [0.25, 0.3) is 5.91 Å². The summed E-state index contributed by atoms with van der Waals surface area (Å²) in [6.07, 6.45) is 3.66. The molecule has 2 aromatic rings. The van der Waals surface area contributed by atoms with Gasteiger partial charge in [-0.05, 0) is 37.5 Å². The van der Waals surface area contributed by atoms with Crippen molar-refractivity contribution >= 4 is 17.4 Å². The highest BCUT2D eigenvalue weighted by Crippen LogP contribution is 2.20. The molecule has 1 amide bonds. The fourth-order valence-electron chi connectivity index (χ4n) is 3.76. The number of anilines is 2. The number of benzene rings is 1. The number of piperazine rings is 1. The van der Waals surface area contributed by atoms with E-state index in [2.05, 4.69) is 56.3 Å². The molecule has 148 valence electrons. The highest BCUT2D eigenvalue weighted by Gasteiger charge is 2.21. The maximum absolute atomic E-state index is 12.4. The van der Waals surface area contributed by atoms with Crippen molar-refractivity contribution in [2.24, 2.45) is 0 Å². The third-order valence-electron chi connectivity index (χ3n) is 5.37. The van der Waals surface area contributed by atoms with E-state index < -0.39 is 0 Å². The van der Waals surface area contributed by atoms with E-state index in [1.807, 2.05) is 0 Å². The van der Waals surface area contributed by atoms with Crippen molar-refractivity contribution < 1.29 is 9.53 Å². The Bertz CT molecular complexity index is 814. The second-order valence-electron chi connectivity index (χ2n) is 7.42. The summed E-state index contributed by atoms with van der Waals surface area (Å²) < 4.78 is 5.55. The van der Waals surface area contributed by atoms with Gasteiger partial charge < -0.3 is 19.9 Å². The molecule has 0 bridgehead atoms. The minimum Gasteiger partial charge on any atom is -0.376 e. The van der Waals surface area contributed by atoms with Gasteiger partial charge in [-0.2, -0.15) is 0 Å². The van der Waals surface area contributed by atoms with Crippen LogP contribution in [0.5, 0.6) is 0 Å². The van der Waals surface area contributed by atoms with E-state index in [1.54, 1.807) is 6.07 Å². The lowest BCUT2D eigenvalue weighted by atomic mass is 10.2. The van der Waals surface area contributed by atoms with Gasteiger partial charge in [-0.1, -0.05) is 12.1 Å². The van der Waals surface area contributed by atoms with Crippen LogP contribution < -0.4 is 15.1 Å². The molecule has 0 radical (unpaired) electrons. The number of aryl methyl sites for hydroxylation is 1. The maximum Gasteiger partial charge on any atom is 0.270 e. The number of rotatable bonds is 5. The molecule has 4 rings (SSSR count). The van der Waals surface area contributed by atoms with Gasteiger partial charge >= 0.3 is 0 Å². The zero-order valence-corrected chi connectivity index (χ0v) is 16.3. The highest BCUT2D eigenvalue weighted by atomic mass is 16.5. The van der Waals surface area contributed by atoms with Crippen LogP contribution in [0.15, 0.2) is 36.7 Å². The smallest absolute Gasteiger partial charge is 0.270 e. The minimum atomic E-state index is -0.169. The Morgan fingerprint density at radius 3 is 2.75 bits per heavy atom. The van der Waals surface area contributed by atoms with Crippen LogP contribution >= 0.6 is 0 Å². The molecular weight excluding hydrogens is 354 g/mol. The number of carbonyl (C=O) groups excluding carboxylic acids is 1. The molecule has 2 aliphatic rings. The van der Waals surface area contributed by atoms with Gasteiger partial charge in [0.1, 0.15) is 17.8 Å². The predicted molar refractivity (Wildman–Crippen MR) is 109 cm³/mol. The Kier molecular flexibility index (Phi) is 5.71. The molecule has 0 aliphatic carbocycles. The van der Waals surface area contributed by atoms with Gasteiger partial charge in [0.2, 0.25) is 0 Å². The highest BCUT2D eigenvalue weighted by molar-refractivity contribution is 5.92. The molecule has 1 atom stereocenters. The third-order valence-corrected chi connectivity index (χ3v) is 5.37. The van der Waals surface area contributed by atoms with Crippen molar-refractivity contribution in [3.8, 4) is 0 Å². The average Bonchev–Trinajstić information content (AvgIpc) is 3.26. The van der Waals surface area contributed by atoms with Gasteiger partial charge in [-0.3, -0.25) is 4.79 Å². The predicted octanol–water partition coefficient (Wildman–Crippen LogP) is 2.02. The summed E-state index contributed by atoms with van der Waals surface area (Å²) in [6.45, 7) is 7.01. The van der Waals surface area contributed by atoms with E-state index in [0.29, 0.717) is 12.2 Å². The van der Waals surface area contributed by atoms with Gasteiger partial charge in [-0.25, -0.2) is 9.97 Å². The minimum absolute atomic E-state index is 0.125. The molecule has 1 aromatic heterocycles. The van der Waals surface area contributed by atoms with Crippen molar-refractivity contribution in [3.63, 3.8) is 0 Å². The topological polar surface area (TPSA) is 70.6 Å². The van der Waals surface area contributed by atoms with E-state index in [-0.39, 0.29) is 12.0 Å². The number of nitrogens with one attached hydrogen (secondary N) is 1. The summed E-state index contributed by atoms with van der Waals surface area (Å²) in [4.78, 5) is 25.6. The third kappa shape index (κ3) is 4.42. The van der Waals surface area contributed by atoms with E-state index in [1.165, 1.54) is 17.6 Å². The lowest BCUT2D eigenvalue weighted by Gasteiger charge is -2.36. The number of amides is 1. The molecule has 7 nitrogen and oxygen atoms in total. The molecular formula is C21H27N5O2. The first-order valence-corrected chi connectivity index (χ1v) is 9.97. The quantitative estimate of drug-likeness (QED) is 0.855. The van der Waals surface area contributed by atoms with Crippen LogP contribution in [-0.4, -0.2) is 61.3 Å². The normalized spacial score (nSPS) is 19.7. The summed E-state index contributed by atoms with van der Waals surface area (Å²) in [5.41, 5.74) is 2.94. The second-order valence-corrected chi connectivity index (χ2v) is 7.42. The van der Waals surface area contributed by atoms with Gasteiger partial charge in [-0.15, -0.1) is 0 Å². The lowest BCUT2D eigenvalue weighted by molar-refractivity contribution is 0.0853. The van der Waals surface area contributed by atoms with Crippen LogP contribution in [0, 0.1) is 6.92 Å². The van der Waals surface area contributed by atoms with E-state index in [4.69, 9.17) is 4.74 Å². The molecule has 28 heavy (non-hydrogen) atoms. The van der Waals surface area contributed by atoms with Gasteiger partial charge in [0.15, 0.2) is 0 Å². The SMILES string of the molecule is Cc1cccc(N2CCN(c3cc(C(=O)NCC4CCCO4)ncn3)CC2)c1. The number of ether oxygens (including phenoxy) is 1. The Labute approximate surface area is 165 Å². The standard InChI is InChI=1S/C21H27N5O2/c1-16-4-2-5-17(12-16)25-7-9-26(10-8-25)20-13-19(23-15-24-20)21(27)22-14-18-6-3-11-28-18/h2,4-5,12-13,15,18H,3,6-11,14H2,1H3,(H,22,27). The molecule has 0 spiro atoms. The van der Waals surface area contributed by atoms with Gasteiger partial charge in [0, 0.05) is 51.1 Å². The van der Waals surface area contributed by atoms with E-state index in [9.17, 15) is 4.79 Å². The molecule has 7 heteroatoms. The van der Waals surface area contributed by atoms with Crippen molar-refractivity contribution in [1.29, 1.82) is 0 Å². The fourth-order valence-corrected chi connectivity index (χ4v) is 3.76. The van der Waals surface area contributed by atoms with Crippen molar-refractivity contribution in [3.05, 3.63) is 47.9 Å². The van der Waals surface area contributed by atoms with E-state index >= 15 is 0 Å². The zero-order chi connectivity index (χ0) is 19.3. The largest absolute Gasteiger partial charge is 0.376 e. The Morgan fingerprint density at radius 2 is 2.00 bits per heavy atom. The number of carbonyl (C=O) groups is 1. The number of aromatic nitrogens is 2. The summed E-state index contributed by atoms with van der Waals surface area (Å²) in [6, 6.07) is 10.4. The molecule has 3 heterocycles. The molecule has 1 N–H and O–H groups in total. The van der Waals surface area contributed by atoms with Crippen molar-refractivity contribution in [2.45, 2.75) is 25.9 Å². The van der Waals surface area contributed by atoms with Crippen LogP contribution in [0.1, 0.15) is 28.9 Å². The second kappa shape index (κ2) is 8.56. The molecule has 2 saturated heterocycles. The zero-order valence-electron chi connectivity index (χ0n) is 16.3. The fraction of sp³-hybridized carbons (Fsp3) is 0.476. The van der Waals surface area contributed by atoms with Crippen LogP contribution in [0.25, 0.3) is 0 Å². The van der Waals surface area contributed by atoms with E-state index in [0.717, 1.165) is 51.4 Å². The number of nitrogens with zero attached hydrogens (tertiary/aromatic N) is 4. The Morgan fingerprint density at radius 1 is 1.18 bits per heavy atom. The first-order valence-electron chi connectivity index (χ1n) is 9.97. The monoisotopic (exact) mass is 381 g/mol. The van der Waals surface area contributed by atoms with Crippen molar-refractivity contribution in [2.75, 3.05) is 49.1 Å². The Hall–Kier alpha value is -2.67. The van der Waals surface area contributed by atoms with Crippen molar-refractivity contribution in [1.82, 2.24) is 15.3 Å². The summed E-state index contributed by atoms with van der Waals surface area (Å²) in [7, 11) is 0. The molecule has 2 aliphatic heterocycles. The molecule has 1 unspecified atom stereocenters. The molecule has 0 saturated carbocycles. The summed E-state index contributed by atoms with van der Waals surface area (Å²) in [5, 5.41) is 2.92. The van der Waals surface area contributed by atoms with Crippen LogP contribution in [-0.2, 0) is 4.74 Å². The number of hydrogen-bond donors (Lipinski definition) is 1. The summed E-state index contributed by atoms with van der Waals surface area (Å²) >= 11 is 0. The number of hydrogen-bond acceptors (Lipinski definition) is 6. The average molecular weight is 381 g/mol. The van der Waals surface area contributed by atoms with Crippen LogP contribution in [0.4, 0.5) is 11.5 Å². The van der Waals surface area contributed by atoms with Gasteiger partial charge in [0.05, 0.1) is 6.10 Å². The lowest BCUT2D eigenvalue weighted by Crippen LogP contribution is -2.47. The summed E-state index contributed by atoms with van der Waals surface area (Å²) in [5.74, 6) is 0.638. The van der Waals surface area contributed by atoms with Crippen LogP contribution in [0.2, 0.25) is 0 Å². The Balaban J connectivity index is 1.35.